The van der Waals surface area contributed by atoms with E-state index < -0.39 is 23.7 Å². The molecule has 10 rings (SSSR count). The Morgan fingerprint density at radius 1 is 1.07 bits per heavy atom. The Balaban J connectivity index is 0.635. The lowest BCUT2D eigenvalue weighted by molar-refractivity contribution is -0.142. The van der Waals surface area contributed by atoms with E-state index in [1.54, 1.807) is 47.9 Å². The first kappa shape index (κ1) is 50.9. The van der Waals surface area contributed by atoms with Crippen LogP contribution in [0.25, 0.3) is 22.0 Å². The number of hydrogen-bond donors (Lipinski definition) is 3. The molecule has 2 aliphatic carbocycles. The van der Waals surface area contributed by atoms with Gasteiger partial charge in [0.05, 0.1) is 47.0 Å². The Kier molecular flexibility index (Phi) is 15.2. The van der Waals surface area contributed by atoms with E-state index in [1.165, 1.54) is 27.4 Å². The molecule has 74 heavy (non-hydrogen) atoms. The third kappa shape index (κ3) is 10.9. The van der Waals surface area contributed by atoms with Crippen molar-refractivity contribution in [1.29, 1.82) is 5.26 Å². The summed E-state index contributed by atoms with van der Waals surface area (Å²) in [6, 6.07) is 6.04. The molecule has 0 bridgehead atoms. The number of amides is 2. The number of rotatable bonds is 20. The third-order valence-corrected chi connectivity index (χ3v) is 16.8. The van der Waals surface area contributed by atoms with Crippen molar-refractivity contribution in [3.8, 4) is 45.7 Å². The van der Waals surface area contributed by atoms with Gasteiger partial charge in [-0.3, -0.25) is 9.59 Å². The highest BCUT2D eigenvalue weighted by molar-refractivity contribution is 7.16. The number of aryl methyl sites for hydroxylation is 2. The molecule has 0 radical (unpaired) electrons. The number of nitrogens with one attached hydrogen (secondary N) is 1. The van der Waals surface area contributed by atoms with Gasteiger partial charge in [0, 0.05) is 73.4 Å². The number of anilines is 1. The quantitative estimate of drug-likeness (QED) is 0.0688. The number of carbonyl (C=O) groups is 2. The van der Waals surface area contributed by atoms with Gasteiger partial charge in [-0.15, -0.1) is 22.7 Å². The topological polar surface area (TPSA) is 253 Å². The lowest BCUT2D eigenvalue weighted by Gasteiger charge is -2.36. The van der Waals surface area contributed by atoms with Gasteiger partial charge in [0.25, 0.3) is 5.88 Å². The standard InChI is InChI=1S/C51H61FN14O6S2/c1-30(2)42(49(69)65-18-7-9-37(65)47(68)56-25-32-11-12-34(41(52)43(32)67)44-31(3)57-29-73-44)66-26-39(60-62-66)70-23-5-4-17-63-19-21-64(22-20-63)27-51(14-15-51)28-71-50-55-16-13-36(58-50)46-59-48(72-61-46)33-8-6-10-38-40(33)35(24-53)45(54)74-38/h11-13,16,26,29-30,33,37,42,67H,4-10,14-15,17-23,25,27-28,54H2,1-3H3,(H,56,68). The fourth-order valence-corrected chi connectivity index (χ4v) is 12.4. The second kappa shape index (κ2) is 22.1. The van der Waals surface area contributed by atoms with E-state index >= 15 is 4.39 Å². The molecule has 1 aromatic carbocycles. The number of hydrogen-bond acceptors (Lipinski definition) is 19. The Labute approximate surface area is 436 Å². The van der Waals surface area contributed by atoms with E-state index in [-0.39, 0.29) is 52.7 Å². The van der Waals surface area contributed by atoms with Crippen LogP contribution in [-0.4, -0.2) is 137 Å². The van der Waals surface area contributed by atoms with Crippen LogP contribution < -0.4 is 20.5 Å². The van der Waals surface area contributed by atoms with Crippen molar-refractivity contribution in [3.05, 3.63) is 75.1 Å². The molecule has 7 heterocycles. The van der Waals surface area contributed by atoms with Gasteiger partial charge in [0.15, 0.2) is 11.6 Å². The number of likely N-dealkylation sites (tertiary alicyclic amines) is 1. The number of nitrogen functional groups attached to an aromatic ring is 1. The second-order valence-corrected chi connectivity index (χ2v) is 22.2. The minimum Gasteiger partial charge on any atom is -0.505 e. The highest BCUT2D eigenvalue weighted by Crippen LogP contribution is 2.47. The summed E-state index contributed by atoms with van der Waals surface area (Å²) in [6.45, 7) is 12.8. The van der Waals surface area contributed by atoms with Crippen molar-refractivity contribution in [2.45, 2.75) is 103 Å². The van der Waals surface area contributed by atoms with E-state index in [4.69, 9.17) is 24.7 Å². The lowest BCUT2D eigenvalue weighted by atomic mass is 9.85. The van der Waals surface area contributed by atoms with Crippen LogP contribution in [0.15, 0.2) is 40.6 Å². The summed E-state index contributed by atoms with van der Waals surface area (Å²) in [5.74, 6) is -1.09. The predicted octanol–water partition coefficient (Wildman–Crippen LogP) is 6.52. The molecule has 6 aromatic rings. The molecule has 1 saturated carbocycles. The number of nitrogens with zero attached hydrogens (tertiary/aromatic N) is 12. The molecule has 23 heteroatoms. The Bertz CT molecular complexity index is 3010. The number of halogens is 1. The molecule has 2 aliphatic heterocycles. The molecule has 3 unspecified atom stereocenters. The zero-order chi connectivity index (χ0) is 51.5. The van der Waals surface area contributed by atoms with Crippen LogP contribution in [-0.2, 0) is 22.6 Å². The first-order valence-electron chi connectivity index (χ1n) is 25.5. The SMILES string of the molecule is Cc1ncsc1-c1ccc(CNC(=O)C2CCCN2C(=O)C(C(C)C)n2cc(OCCCCN3CCN(CC4(COc5nccc(-c6noc(C7CCCc8sc(N)c(C#N)c87)n6)n5)CC4)CC3)nn2)c(O)c1F. The van der Waals surface area contributed by atoms with E-state index in [0.717, 1.165) is 94.7 Å². The molecule has 0 spiro atoms. The number of aromatic nitrogens is 8. The lowest BCUT2D eigenvalue weighted by Crippen LogP contribution is -2.48. The Hall–Kier alpha value is -6.61. The molecule has 4 aliphatic rings. The van der Waals surface area contributed by atoms with Gasteiger partial charge in [0.1, 0.15) is 28.8 Å². The molecule has 4 N–H and O–H groups in total. The van der Waals surface area contributed by atoms with Crippen molar-refractivity contribution in [2.24, 2.45) is 11.3 Å². The molecule has 3 atom stereocenters. The second-order valence-electron chi connectivity index (χ2n) is 20.2. The number of thiophene rings is 1. The van der Waals surface area contributed by atoms with Gasteiger partial charge in [0.2, 0.25) is 23.5 Å². The maximum absolute atomic E-state index is 15.2. The number of phenolic OH excluding ortho intramolecular Hbond substituents is 1. The summed E-state index contributed by atoms with van der Waals surface area (Å²) in [5, 5.41) is 36.5. The molecule has 2 saturated heterocycles. The minimum absolute atomic E-state index is 0.0716. The summed E-state index contributed by atoms with van der Waals surface area (Å²) in [5.41, 5.74) is 11.0. The van der Waals surface area contributed by atoms with Crippen LogP contribution in [0.3, 0.4) is 0 Å². The first-order chi connectivity index (χ1) is 35.9. The number of phenols is 1. The first-order valence-corrected chi connectivity index (χ1v) is 27.2. The number of thiazole rings is 1. The van der Waals surface area contributed by atoms with Crippen LogP contribution in [0.1, 0.15) is 110 Å². The van der Waals surface area contributed by atoms with Gasteiger partial charge < -0.3 is 44.9 Å². The third-order valence-electron chi connectivity index (χ3n) is 14.8. The highest BCUT2D eigenvalue weighted by Gasteiger charge is 2.45. The van der Waals surface area contributed by atoms with Gasteiger partial charge in [-0.2, -0.15) is 15.2 Å². The molecular weight excluding hydrogens is 988 g/mol. The van der Waals surface area contributed by atoms with Gasteiger partial charge in [-0.05, 0) is 94.9 Å². The van der Waals surface area contributed by atoms with Gasteiger partial charge >= 0.3 is 6.01 Å². The monoisotopic (exact) mass is 1050 g/mol. The van der Waals surface area contributed by atoms with Crippen molar-refractivity contribution < 1.29 is 33.1 Å². The summed E-state index contributed by atoms with van der Waals surface area (Å²) in [7, 11) is 0. The van der Waals surface area contributed by atoms with Crippen LogP contribution in [0.4, 0.5) is 9.39 Å². The van der Waals surface area contributed by atoms with Crippen LogP contribution in [0, 0.1) is 35.4 Å². The molecule has 2 amide bonds. The van der Waals surface area contributed by atoms with E-state index in [1.807, 2.05) is 13.8 Å². The summed E-state index contributed by atoms with van der Waals surface area (Å²) in [6.07, 6.45) is 11.0. The Morgan fingerprint density at radius 3 is 2.66 bits per heavy atom. The number of piperazine rings is 1. The molecular formula is C51H61FN14O6S2. The van der Waals surface area contributed by atoms with Crippen molar-refractivity contribution >= 4 is 39.5 Å². The molecule has 20 nitrogen and oxygen atoms in total. The smallest absolute Gasteiger partial charge is 0.317 e. The number of nitriles is 1. The fourth-order valence-electron chi connectivity index (χ4n) is 10.5. The van der Waals surface area contributed by atoms with E-state index in [2.05, 4.69) is 51.6 Å². The van der Waals surface area contributed by atoms with E-state index in [9.17, 15) is 20.0 Å². The zero-order valence-corrected chi connectivity index (χ0v) is 43.5. The number of nitrogens with two attached hydrogens (primary N) is 1. The van der Waals surface area contributed by atoms with Crippen LogP contribution in [0.2, 0.25) is 0 Å². The molecule has 390 valence electrons. The number of aromatic hydroxyl groups is 1. The highest BCUT2D eigenvalue weighted by atomic mass is 32.1. The summed E-state index contributed by atoms with van der Waals surface area (Å²) >= 11 is 2.76. The van der Waals surface area contributed by atoms with Gasteiger partial charge in [-0.1, -0.05) is 35.4 Å². The number of benzene rings is 1. The Morgan fingerprint density at radius 2 is 1.89 bits per heavy atom. The molecule has 3 fully saturated rings. The largest absolute Gasteiger partial charge is 0.505 e. The molecule has 5 aromatic heterocycles. The van der Waals surface area contributed by atoms with Crippen LogP contribution in [0.5, 0.6) is 17.6 Å². The number of carbonyl (C=O) groups excluding carboxylic acids is 2. The van der Waals surface area contributed by atoms with Crippen molar-refractivity contribution in [3.63, 3.8) is 0 Å². The van der Waals surface area contributed by atoms with Crippen LogP contribution >= 0.6 is 22.7 Å². The average molecular weight is 1050 g/mol. The average Bonchev–Trinajstić information content (AvgIpc) is 4.06. The number of fused-ring (bicyclic) bond motifs is 1. The van der Waals surface area contributed by atoms with E-state index in [0.29, 0.717) is 77.0 Å². The van der Waals surface area contributed by atoms with Crippen molar-refractivity contribution in [2.75, 3.05) is 64.8 Å². The maximum atomic E-state index is 15.2. The summed E-state index contributed by atoms with van der Waals surface area (Å²) in [4.78, 5) is 53.8. The summed E-state index contributed by atoms with van der Waals surface area (Å²) < 4.78 is 34.7. The normalized spacial score (nSPS) is 19.1. The predicted molar refractivity (Wildman–Crippen MR) is 273 cm³/mol. The van der Waals surface area contributed by atoms with Gasteiger partial charge in [-0.25, -0.2) is 19.0 Å². The number of unbranched alkanes of at least 4 members (excludes halogenated alkanes) is 1. The fraction of sp³-hybridized carbons (Fsp3) is 0.529. The minimum atomic E-state index is -0.765. The number of ether oxygens (including phenoxy) is 2. The maximum Gasteiger partial charge on any atom is 0.317 e. The zero-order valence-electron chi connectivity index (χ0n) is 41.8. The van der Waals surface area contributed by atoms with Crippen molar-refractivity contribution in [1.82, 2.24) is 60.1 Å².